The molecule has 0 radical (unpaired) electrons. The lowest BCUT2D eigenvalue weighted by Gasteiger charge is -2.31. The van der Waals surface area contributed by atoms with E-state index >= 15 is 0 Å². The highest BCUT2D eigenvalue weighted by Crippen LogP contribution is 2.36. The standard InChI is InChI=1S/C22H27NO/c1-24-22-9-5-8-17-10-11-18(15-20(17)22)21-13-12-19(23-21)14-16-6-3-2-4-7-16/h2-9,18-19,21,23H,10-15H2,1H3. The Kier molecular flexibility index (Phi) is 4.57. The molecule has 0 bridgehead atoms. The summed E-state index contributed by atoms with van der Waals surface area (Å²) in [6.07, 6.45) is 7.43. The summed E-state index contributed by atoms with van der Waals surface area (Å²) in [5.41, 5.74) is 4.39. The van der Waals surface area contributed by atoms with Crippen LogP contribution in [0.15, 0.2) is 48.5 Å². The van der Waals surface area contributed by atoms with E-state index in [9.17, 15) is 0 Å². The largest absolute Gasteiger partial charge is 0.496 e. The Morgan fingerprint density at radius 3 is 2.71 bits per heavy atom. The smallest absolute Gasteiger partial charge is 0.122 e. The number of benzene rings is 2. The van der Waals surface area contributed by atoms with E-state index in [1.807, 2.05) is 0 Å². The van der Waals surface area contributed by atoms with Gasteiger partial charge in [-0.1, -0.05) is 42.5 Å². The Hall–Kier alpha value is -1.80. The van der Waals surface area contributed by atoms with Crippen molar-refractivity contribution in [3.8, 4) is 5.75 Å². The molecule has 2 nitrogen and oxygen atoms in total. The van der Waals surface area contributed by atoms with Crippen molar-refractivity contribution in [3.05, 3.63) is 65.2 Å². The fourth-order valence-electron chi connectivity index (χ4n) is 4.60. The molecule has 0 amide bonds. The molecule has 126 valence electrons. The third kappa shape index (κ3) is 3.21. The maximum absolute atomic E-state index is 5.60. The zero-order valence-corrected chi connectivity index (χ0v) is 14.5. The minimum Gasteiger partial charge on any atom is -0.496 e. The van der Waals surface area contributed by atoms with Crippen LogP contribution in [-0.2, 0) is 19.3 Å². The van der Waals surface area contributed by atoms with Gasteiger partial charge in [0, 0.05) is 12.1 Å². The van der Waals surface area contributed by atoms with Crippen LogP contribution in [0.1, 0.15) is 36.0 Å². The summed E-state index contributed by atoms with van der Waals surface area (Å²) < 4.78 is 5.60. The second-order valence-electron chi connectivity index (χ2n) is 7.34. The average Bonchev–Trinajstić information content (AvgIpc) is 3.10. The van der Waals surface area contributed by atoms with E-state index in [4.69, 9.17) is 4.74 Å². The zero-order chi connectivity index (χ0) is 16.4. The first kappa shape index (κ1) is 15.7. The van der Waals surface area contributed by atoms with E-state index in [0.717, 1.165) is 24.5 Å². The van der Waals surface area contributed by atoms with E-state index in [0.29, 0.717) is 12.1 Å². The fourth-order valence-corrected chi connectivity index (χ4v) is 4.60. The van der Waals surface area contributed by atoms with Crippen molar-refractivity contribution in [1.82, 2.24) is 5.32 Å². The number of hydrogen-bond acceptors (Lipinski definition) is 2. The topological polar surface area (TPSA) is 21.3 Å². The molecule has 3 atom stereocenters. The second kappa shape index (κ2) is 6.98. The van der Waals surface area contributed by atoms with Gasteiger partial charge in [-0.3, -0.25) is 0 Å². The summed E-state index contributed by atoms with van der Waals surface area (Å²) >= 11 is 0. The molecule has 0 saturated carbocycles. The van der Waals surface area contributed by atoms with Crippen LogP contribution in [0.25, 0.3) is 0 Å². The summed E-state index contributed by atoms with van der Waals surface area (Å²) in [6, 6.07) is 18.7. The van der Waals surface area contributed by atoms with Gasteiger partial charge in [-0.15, -0.1) is 0 Å². The average molecular weight is 321 g/mol. The number of rotatable bonds is 4. The van der Waals surface area contributed by atoms with Gasteiger partial charge in [0.1, 0.15) is 5.75 Å². The normalized spacial score (nSPS) is 26.1. The van der Waals surface area contributed by atoms with Crippen LogP contribution in [0, 0.1) is 5.92 Å². The molecule has 2 heteroatoms. The van der Waals surface area contributed by atoms with E-state index in [-0.39, 0.29) is 0 Å². The Morgan fingerprint density at radius 1 is 1.00 bits per heavy atom. The SMILES string of the molecule is COc1cccc2c1CC(C1CCC(Cc3ccccc3)N1)CC2. The summed E-state index contributed by atoms with van der Waals surface area (Å²) in [5.74, 6) is 1.82. The van der Waals surface area contributed by atoms with Crippen molar-refractivity contribution in [2.45, 2.75) is 50.6 Å². The van der Waals surface area contributed by atoms with Crippen molar-refractivity contribution in [2.24, 2.45) is 5.92 Å². The molecule has 2 aliphatic rings. The van der Waals surface area contributed by atoms with Crippen LogP contribution < -0.4 is 10.1 Å². The number of ether oxygens (including phenoxy) is 1. The number of hydrogen-bond donors (Lipinski definition) is 1. The predicted octanol–water partition coefficient (Wildman–Crippen LogP) is 4.16. The quantitative estimate of drug-likeness (QED) is 0.913. The highest BCUT2D eigenvalue weighted by molar-refractivity contribution is 5.42. The Balaban J connectivity index is 1.41. The Morgan fingerprint density at radius 2 is 1.88 bits per heavy atom. The number of methoxy groups -OCH3 is 1. The van der Waals surface area contributed by atoms with Crippen molar-refractivity contribution < 1.29 is 4.74 Å². The van der Waals surface area contributed by atoms with Crippen LogP contribution in [0.2, 0.25) is 0 Å². The molecule has 3 unspecified atom stereocenters. The lowest BCUT2D eigenvalue weighted by atomic mass is 9.79. The Bertz CT molecular complexity index is 667. The minimum absolute atomic E-state index is 0.636. The van der Waals surface area contributed by atoms with Crippen LogP contribution >= 0.6 is 0 Å². The van der Waals surface area contributed by atoms with Gasteiger partial charge >= 0.3 is 0 Å². The van der Waals surface area contributed by atoms with E-state index < -0.39 is 0 Å². The number of fused-ring (bicyclic) bond motifs is 1. The van der Waals surface area contributed by atoms with Crippen molar-refractivity contribution in [1.29, 1.82) is 0 Å². The molecule has 24 heavy (non-hydrogen) atoms. The van der Waals surface area contributed by atoms with Gasteiger partial charge < -0.3 is 10.1 Å². The molecule has 1 fully saturated rings. The predicted molar refractivity (Wildman–Crippen MR) is 98.6 cm³/mol. The molecular formula is C22H27NO. The van der Waals surface area contributed by atoms with Crippen molar-refractivity contribution in [2.75, 3.05) is 7.11 Å². The van der Waals surface area contributed by atoms with Crippen LogP contribution in [0.4, 0.5) is 0 Å². The fraction of sp³-hybridized carbons (Fsp3) is 0.455. The number of aryl methyl sites for hydroxylation is 1. The lowest BCUT2D eigenvalue weighted by molar-refractivity contribution is 0.329. The molecule has 2 aromatic rings. The molecule has 1 N–H and O–H groups in total. The monoisotopic (exact) mass is 321 g/mol. The summed E-state index contributed by atoms with van der Waals surface area (Å²) in [7, 11) is 1.79. The lowest BCUT2D eigenvalue weighted by Crippen LogP contribution is -2.38. The second-order valence-corrected chi connectivity index (χ2v) is 7.34. The van der Waals surface area contributed by atoms with Crippen LogP contribution in [0.5, 0.6) is 5.75 Å². The van der Waals surface area contributed by atoms with Gasteiger partial charge in [0.05, 0.1) is 7.11 Å². The highest BCUT2D eigenvalue weighted by atomic mass is 16.5. The molecule has 1 saturated heterocycles. The third-order valence-corrected chi connectivity index (χ3v) is 5.87. The van der Waals surface area contributed by atoms with Gasteiger partial charge in [-0.05, 0) is 67.2 Å². The van der Waals surface area contributed by atoms with Gasteiger partial charge in [-0.25, -0.2) is 0 Å². The van der Waals surface area contributed by atoms with Crippen molar-refractivity contribution in [3.63, 3.8) is 0 Å². The molecule has 0 aromatic heterocycles. The van der Waals surface area contributed by atoms with Gasteiger partial charge in [0.15, 0.2) is 0 Å². The van der Waals surface area contributed by atoms with E-state index in [1.54, 1.807) is 7.11 Å². The number of nitrogens with one attached hydrogen (secondary N) is 1. The molecule has 2 aromatic carbocycles. The molecule has 1 aliphatic carbocycles. The van der Waals surface area contributed by atoms with Gasteiger partial charge in [0.25, 0.3) is 0 Å². The maximum Gasteiger partial charge on any atom is 0.122 e. The molecular weight excluding hydrogens is 294 g/mol. The first-order valence-corrected chi connectivity index (χ1v) is 9.28. The summed E-state index contributed by atoms with van der Waals surface area (Å²) in [5, 5.41) is 3.94. The van der Waals surface area contributed by atoms with E-state index in [2.05, 4.69) is 53.8 Å². The minimum atomic E-state index is 0.636. The Labute approximate surface area is 145 Å². The highest BCUT2D eigenvalue weighted by Gasteiger charge is 2.33. The molecule has 0 spiro atoms. The van der Waals surface area contributed by atoms with Crippen LogP contribution in [0.3, 0.4) is 0 Å². The molecule has 1 heterocycles. The van der Waals surface area contributed by atoms with Gasteiger partial charge in [0.2, 0.25) is 0 Å². The van der Waals surface area contributed by atoms with E-state index in [1.165, 1.54) is 42.4 Å². The summed E-state index contributed by atoms with van der Waals surface area (Å²) in [6.45, 7) is 0. The first-order valence-electron chi connectivity index (χ1n) is 9.28. The molecule has 4 rings (SSSR count). The molecule has 1 aliphatic heterocycles. The van der Waals surface area contributed by atoms with Crippen molar-refractivity contribution >= 4 is 0 Å². The summed E-state index contributed by atoms with van der Waals surface area (Å²) in [4.78, 5) is 0. The maximum atomic E-state index is 5.60. The first-order chi connectivity index (χ1) is 11.8. The van der Waals surface area contributed by atoms with Crippen LogP contribution in [-0.4, -0.2) is 19.2 Å². The zero-order valence-electron chi connectivity index (χ0n) is 14.5. The third-order valence-electron chi connectivity index (χ3n) is 5.87. The van der Waals surface area contributed by atoms with Gasteiger partial charge in [-0.2, -0.15) is 0 Å².